The first kappa shape index (κ1) is 81.8. The summed E-state index contributed by atoms with van der Waals surface area (Å²) in [6.07, 6.45) is 52.8. The van der Waals surface area contributed by atoms with Crippen LogP contribution in [0, 0.1) is 174 Å². The van der Waals surface area contributed by atoms with Gasteiger partial charge in [-0.15, -0.1) is 24.3 Å². The minimum atomic E-state index is -1.46. The van der Waals surface area contributed by atoms with Gasteiger partial charge < -0.3 is 27.0 Å². The molecule has 0 heterocycles. The van der Waals surface area contributed by atoms with Gasteiger partial charge in [0.25, 0.3) is 0 Å². The molecule has 0 aromatic heterocycles. The average molecular weight is 1390 g/mol. The normalized spacial score (nSPS) is 51.2. The van der Waals surface area contributed by atoms with Crippen LogP contribution in [0.2, 0.25) is 19.6 Å². The van der Waals surface area contributed by atoms with E-state index in [4.69, 9.17) is 6.42 Å². The molecule has 16 rings (SSSR count). The molecule has 14 unspecified atom stereocenters. The van der Waals surface area contributed by atoms with Gasteiger partial charge in [-0.3, -0.25) is 9.59 Å². The van der Waals surface area contributed by atoms with Gasteiger partial charge in [-0.25, -0.2) is 0 Å². The van der Waals surface area contributed by atoms with E-state index in [9.17, 15) is 35.1 Å². The van der Waals surface area contributed by atoms with Crippen LogP contribution < -0.4 is 29.6 Å². The fraction of sp³-hybridized carbons (Fsp3) is 0.889. The van der Waals surface area contributed by atoms with Gasteiger partial charge in [-0.2, -0.15) is 0 Å². The molecule has 0 saturated heterocycles. The van der Waals surface area contributed by atoms with Crippen LogP contribution in [0.25, 0.3) is 0 Å². The molecule has 0 aliphatic heterocycles. The number of hydrogen-bond donors (Lipinski definition) is 5. The number of allylic oxidation sites excluding steroid dienone is 1. The maximum absolute atomic E-state index is 12.4. The van der Waals surface area contributed by atoms with Gasteiger partial charge in [0.2, 0.25) is 0 Å². The number of carbonyl (C=O) groups excluding carboxylic acids is 2. The molecule has 5 N–H and O–H groups in total. The van der Waals surface area contributed by atoms with Gasteiger partial charge in [0, 0.05) is 34.5 Å². The smallest absolute Gasteiger partial charge is 1.00 e. The van der Waals surface area contributed by atoms with Crippen molar-refractivity contribution in [2.24, 2.45) is 138 Å². The number of ketones is 2. The molecule has 554 valence electrons. The largest absolute Gasteiger partial charge is 1.00 e. The minimum absolute atomic E-state index is 0. The summed E-state index contributed by atoms with van der Waals surface area (Å²) >= 11 is 0. The first-order valence-electron chi connectivity index (χ1n) is 41.3. The van der Waals surface area contributed by atoms with Crippen molar-refractivity contribution in [2.75, 3.05) is 0 Å². The second-order valence-electron chi connectivity index (χ2n) is 39.8. The molecule has 16 aliphatic carbocycles. The third-order valence-electron chi connectivity index (χ3n) is 34.9. The topological polar surface area (TPSA) is 135 Å². The summed E-state index contributed by atoms with van der Waals surface area (Å²) in [5.74, 6) is 21.7. The maximum Gasteiger partial charge on any atom is 1.00 e. The average Bonchev–Trinajstić information content (AvgIpc) is 1.67. The van der Waals surface area contributed by atoms with Crippen molar-refractivity contribution in [3.63, 3.8) is 0 Å². The Bertz CT molecular complexity index is 3050. The van der Waals surface area contributed by atoms with Crippen LogP contribution in [0.15, 0.2) is 11.6 Å². The van der Waals surface area contributed by atoms with Crippen LogP contribution in [-0.4, -0.2) is 74.7 Å². The fourth-order valence-corrected chi connectivity index (χ4v) is 29.5. The van der Waals surface area contributed by atoms with Crippen molar-refractivity contribution in [2.45, 2.75) is 364 Å². The molecule has 0 aromatic rings. The Morgan fingerprint density at radius 1 is 0.475 bits per heavy atom. The zero-order valence-electron chi connectivity index (χ0n) is 67.5. The molecule has 9 heteroatoms. The van der Waals surface area contributed by atoms with E-state index in [1.165, 1.54) is 115 Å². The van der Waals surface area contributed by atoms with Gasteiger partial charge >= 0.3 is 31.0 Å². The molecule has 99 heavy (non-hydrogen) atoms. The number of fused-ring (bicyclic) bond motifs is 20. The van der Waals surface area contributed by atoms with Gasteiger partial charge in [-0.1, -0.05) is 133 Å². The molecule has 0 aromatic carbocycles. The molecule has 15 fully saturated rings. The molecule has 29 atom stereocenters. The number of rotatable bonds is 0. The third-order valence-corrected chi connectivity index (χ3v) is 35.8. The molecule has 0 radical (unpaired) electrons. The minimum Gasteiger partial charge on any atom is -1.00 e. The standard InChI is InChI=1S/C25H42OSi.C21H32O2.C19H30O2.C19H28O2.C3H4.C2H6.CH4.Na.H/c1-18-9-12-23(2)19(17-18)7-8-20-21(23)10-13-24(3)22(20)11-14-25(24,26)15-16-27(4,5)6;1-4-21(23)12-9-18-16-6-5-14-13-15(22)7-10-19(14,2)17(16)8-11-20(18,21)3;2*1-18-9-7-13(20)11-12(18)3-4-14-15-5-6-17(21)19(15,2)10-8-16(14)18;1-3-2;1-2;;;/h18-22,26H,7-14,17H2,1-6H3;1,14-18,22-23H,5-13H2,2-3H3;12-16,20H,3-11H2,1-2H3;3,13-16,20H,4-11H2,1-2H3;1H,2H3;1-2H3;1H4;;/q;;;;;;;+1;-1/p+1/t18-,19+,20?,21?,22?,23+,24+,25?;14-,15+,16?,17?,18?,19-,20-,21?;12-,13+,14?,15?,16?,18-,19-;13-,14?,15?,16?,18+,19+;;;;;/m1001...../s1. The van der Waals surface area contributed by atoms with Crippen molar-refractivity contribution in [3.05, 3.63) is 11.6 Å². The Labute approximate surface area is 633 Å². The van der Waals surface area contributed by atoms with Crippen LogP contribution >= 0.6 is 0 Å². The SMILES string of the molecule is C.C#CC.C#CC1(O)CCC2C3CC[C@H]4C[C@H](O)CC[C@]4(C)C3CC[C@@]21C.CC.C[C@@H]1CC[C@]2(C)C3CC[C@@]4(C)C(CCC4(O)C#C[Si](C)(C)C)C3CC[C@H]2C1.C[C@]12CCC3C(CC[C@H]4C[C@H](O)CC[C@]34C)C1CCC2=O.C[C@]12CC[C@@H](O)CC1=CCC1C2CC[C@]2(C)C(=O)CCC12.[H+].[H-].[Na+]. The van der Waals surface area contributed by atoms with Gasteiger partial charge in [0.1, 0.15) is 30.8 Å². The predicted octanol–water partition coefficient (Wildman–Crippen LogP) is 17.4. The number of aliphatic hydroxyl groups is 5. The summed E-state index contributed by atoms with van der Waals surface area (Å²) in [5.41, 5.74) is 5.08. The second kappa shape index (κ2) is 30.4. The number of carbonyl (C=O) groups is 2. The summed E-state index contributed by atoms with van der Waals surface area (Å²) in [5, 5.41) is 52.8. The Morgan fingerprint density at radius 3 is 1.32 bits per heavy atom. The van der Waals surface area contributed by atoms with E-state index in [0.717, 1.165) is 175 Å². The zero-order chi connectivity index (χ0) is 70.5. The van der Waals surface area contributed by atoms with E-state index in [1.807, 2.05) is 13.8 Å². The van der Waals surface area contributed by atoms with Crippen molar-refractivity contribution < 1.29 is 67.5 Å². The van der Waals surface area contributed by atoms with Crippen molar-refractivity contribution in [3.8, 4) is 36.2 Å². The maximum atomic E-state index is 12.4. The molecule has 15 saturated carbocycles. The van der Waals surface area contributed by atoms with Gasteiger partial charge in [0.15, 0.2) is 0 Å². The molecular formula is C90H148NaO7Si+. The van der Waals surface area contributed by atoms with Crippen LogP contribution in [0.3, 0.4) is 0 Å². The molecule has 0 bridgehead atoms. The van der Waals surface area contributed by atoms with Crippen molar-refractivity contribution in [1.82, 2.24) is 0 Å². The first-order chi connectivity index (χ1) is 45.6. The summed E-state index contributed by atoms with van der Waals surface area (Å²) in [6.45, 7) is 34.3. The molecule has 16 aliphatic rings. The summed E-state index contributed by atoms with van der Waals surface area (Å²) < 4.78 is 0. The Morgan fingerprint density at radius 2 is 0.848 bits per heavy atom. The zero-order valence-corrected chi connectivity index (χ0v) is 68.5. The fourth-order valence-electron chi connectivity index (χ4n) is 28.9. The number of aliphatic hydroxyl groups excluding tert-OH is 3. The van der Waals surface area contributed by atoms with E-state index in [1.54, 1.807) is 6.92 Å². The number of terminal acetylenes is 2. The van der Waals surface area contributed by atoms with Crippen molar-refractivity contribution >= 4 is 19.6 Å². The van der Waals surface area contributed by atoms with Crippen LogP contribution in [-0.2, 0) is 9.59 Å². The number of hydrogen-bond acceptors (Lipinski definition) is 7. The molecular weight excluding hydrogens is 1240 g/mol. The number of Topliss-reactive ketones (excluding diaryl/α,β-unsaturated/α-hetero) is 2. The summed E-state index contributed by atoms with van der Waals surface area (Å²) in [4.78, 5) is 24.7. The predicted molar refractivity (Wildman–Crippen MR) is 409 cm³/mol. The van der Waals surface area contributed by atoms with Crippen LogP contribution in [0.1, 0.15) is 318 Å². The van der Waals surface area contributed by atoms with Gasteiger partial charge in [-0.05, 0) is 329 Å². The Balaban J connectivity index is 0.000000183. The third kappa shape index (κ3) is 14.0. The van der Waals surface area contributed by atoms with Crippen LogP contribution in [0.4, 0.5) is 0 Å². The Kier molecular flexibility index (Phi) is 25.2. The van der Waals surface area contributed by atoms with E-state index in [-0.39, 0.29) is 79.8 Å². The molecule has 7 nitrogen and oxygen atoms in total. The van der Waals surface area contributed by atoms with E-state index in [2.05, 4.69) is 118 Å². The monoisotopic (exact) mass is 1390 g/mol. The van der Waals surface area contributed by atoms with Crippen LogP contribution in [0.5, 0.6) is 0 Å². The summed E-state index contributed by atoms with van der Waals surface area (Å²) in [6, 6.07) is 0. The summed E-state index contributed by atoms with van der Waals surface area (Å²) in [7, 11) is -1.46. The first-order valence-corrected chi connectivity index (χ1v) is 44.8. The molecule has 0 amide bonds. The van der Waals surface area contributed by atoms with E-state index < -0.39 is 19.3 Å². The van der Waals surface area contributed by atoms with Crippen molar-refractivity contribution in [1.29, 1.82) is 0 Å². The Hall–Kier alpha value is -1.22. The van der Waals surface area contributed by atoms with E-state index >= 15 is 0 Å². The van der Waals surface area contributed by atoms with Gasteiger partial charge in [0.05, 0.1) is 18.3 Å². The quantitative estimate of drug-likeness (QED) is 0.0926. The molecule has 0 spiro atoms. The second-order valence-corrected chi connectivity index (χ2v) is 44.6. The van der Waals surface area contributed by atoms with E-state index in [0.29, 0.717) is 68.7 Å².